The predicted octanol–water partition coefficient (Wildman–Crippen LogP) is 5.81. The Bertz CT molecular complexity index is 965. The first kappa shape index (κ1) is 29.0. The van der Waals surface area contributed by atoms with Crippen LogP contribution in [-0.2, 0) is 22.1 Å². The third-order valence-electron chi connectivity index (χ3n) is 5.30. The van der Waals surface area contributed by atoms with Crippen LogP contribution in [0.1, 0.15) is 44.2 Å². The summed E-state index contributed by atoms with van der Waals surface area (Å²) in [6.45, 7) is 4.54. The van der Waals surface area contributed by atoms with Crippen molar-refractivity contribution < 1.29 is 42.1 Å². The quantitative estimate of drug-likeness (QED) is 0.322. The van der Waals surface area contributed by atoms with Crippen LogP contribution in [0.4, 0.5) is 18.0 Å². The summed E-state index contributed by atoms with van der Waals surface area (Å²) in [4.78, 5) is 25.3. The van der Waals surface area contributed by atoms with Crippen LogP contribution in [0.15, 0.2) is 48.5 Å². The summed E-state index contributed by atoms with van der Waals surface area (Å²) < 4.78 is 55.8. The second-order valence-corrected chi connectivity index (χ2v) is 8.03. The van der Waals surface area contributed by atoms with E-state index in [4.69, 9.17) is 14.2 Å². The van der Waals surface area contributed by atoms with Crippen LogP contribution in [0.2, 0.25) is 0 Å². The maximum absolute atomic E-state index is 13.3. The molecule has 10 heteroatoms. The van der Waals surface area contributed by atoms with Crippen LogP contribution >= 0.6 is 0 Å². The second-order valence-electron chi connectivity index (χ2n) is 8.03. The van der Waals surface area contributed by atoms with Gasteiger partial charge in [0.25, 0.3) is 0 Å². The lowest BCUT2D eigenvalue weighted by atomic mass is 10.1. The zero-order valence-electron chi connectivity index (χ0n) is 20.4. The molecule has 0 saturated carbocycles. The van der Waals surface area contributed by atoms with E-state index < -0.39 is 35.7 Å². The molecule has 0 aliphatic heterocycles. The number of carboxylic acids is 1. The number of carbonyl (C=O) groups is 2. The van der Waals surface area contributed by atoms with Crippen LogP contribution in [0.3, 0.4) is 0 Å². The van der Waals surface area contributed by atoms with Gasteiger partial charge in [0.15, 0.2) is 6.10 Å². The fourth-order valence-corrected chi connectivity index (χ4v) is 3.42. The van der Waals surface area contributed by atoms with Gasteiger partial charge < -0.3 is 24.2 Å². The van der Waals surface area contributed by atoms with Gasteiger partial charge in [0, 0.05) is 19.6 Å². The Morgan fingerprint density at radius 1 is 1.00 bits per heavy atom. The van der Waals surface area contributed by atoms with Crippen LogP contribution in [-0.4, -0.2) is 54.5 Å². The van der Waals surface area contributed by atoms with Gasteiger partial charge in [0.1, 0.15) is 18.1 Å². The molecule has 1 atom stereocenters. The summed E-state index contributed by atoms with van der Waals surface area (Å²) in [5.74, 6) is -1.07. The molecule has 0 radical (unpaired) electrons. The Kier molecular flexibility index (Phi) is 11.5. The number of aliphatic carboxylic acids is 1. The molecule has 0 spiro atoms. The molecule has 36 heavy (non-hydrogen) atoms. The highest BCUT2D eigenvalue weighted by Crippen LogP contribution is 2.36. The van der Waals surface area contributed by atoms with Gasteiger partial charge in [-0.2, -0.15) is 13.2 Å². The summed E-state index contributed by atoms with van der Waals surface area (Å²) in [5, 5.41) is 9.21. The number of benzene rings is 2. The average molecular weight is 512 g/mol. The lowest BCUT2D eigenvalue weighted by molar-refractivity contribution is -0.150. The first-order chi connectivity index (χ1) is 17.2. The van der Waals surface area contributed by atoms with E-state index in [1.54, 1.807) is 31.2 Å². The fourth-order valence-electron chi connectivity index (χ4n) is 3.42. The molecular formula is C26H32F3NO6. The molecule has 2 rings (SSSR count). The molecular weight excluding hydrogens is 479 g/mol. The van der Waals surface area contributed by atoms with Gasteiger partial charge in [-0.05, 0) is 43.2 Å². The minimum atomic E-state index is -4.65. The van der Waals surface area contributed by atoms with Gasteiger partial charge in [-0.1, -0.05) is 44.0 Å². The number of carbonyl (C=O) groups excluding carboxylic acids is 1. The molecule has 0 aliphatic rings. The molecule has 0 fully saturated rings. The van der Waals surface area contributed by atoms with Crippen molar-refractivity contribution in [1.29, 1.82) is 0 Å². The molecule has 198 valence electrons. The number of unbranched alkanes of at least 4 members (excludes halogenated alkanes) is 2. The molecule has 0 saturated heterocycles. The number of nitrogens with zero attached hydrogens (tertiary/aromatic N) is 1. The molecule has 1 N–H and O–H groups in total. The highest BCUT2D eigenvalue weighted by molar-refractivity contribution is 5.72. The van der Waals surface area contributed by atoms with E-state index >= 15 is 0 Å². The van der Waals surface area contributed by atoms with E-state index in [2.05, 4.69) is 0 Å². The summed E-state index contributed by atoms with van der Waals surface area (Å²) >= 11 is 0. The third-order valence-corrected chi connectivity index (χ3v) is 5.30. The summed E-state index contributed by atoms with van der Waals surface area (Å²) in [5.41, 5.74) is -0.256. The van der Waals surface area contributed by atoms with Crippen molar-refractivity contribution in [2.45, 2.75) is 51.8 Å². The van der Waals surface area contributed by atoms with Gasteiger partial charge >= 0.3 is 18.2 Å². The number of amides is 1. The first-order valence-electron chi connectivity index (χ1n) is 11.8. The maximum atomic E-state index is 13.3. The Morgan fingerprint density at radius 2 is 1.69 bits per heavy atom. The van der Waals surface area contributed by atoms with Crippen molar-refractivity contribution in [3.8, 4) is 11.5 Å². The van der Waals surface area contributed by atoms with Crippen molar-refractivity contribution >= 4 is 12.1 Å². The number of hydrogen-bond acceptors (Lipinski definition) is 5. The monoisotopic (exact) mass is 511 g/mol. The summed E-state index contributed by atoms with van der Waals surface area (Å²) in [6, 6.07) is 11.4. The number of hydrogen-bond donors (Lipinski definition) is 1. The summed E-state index contributed by atoms with van der Waals surface area (Å²) in [6.07, 6.45) is -3.82. The molecule has 2 aromatic rings. The maximum Gasteiger partial charge on any atom is 0.419 e. The number of para-hydroxylation sites is 1. The number of carboxylic acid groups (broad SMARTS) is 1. The standard InChI is InChI=1S/C26H32F3NO6/c1-3-5-8-15-30(25(33)36-22-10-7-6-9-21(22)26(27,28)29)16-17-35-20-13-11-19(12-14-20)18-23(24(31)32)34-4-2/h6-7,9-14,23H,3-5,8,15-18H2,1-2H3,(H,31,32). The van der Waals surface area contributed by atoms with Gasteiger partial charge in [-0.3, -0.25) is 0 Å². The van der Waals surface area contributed by atoms with E-state index in [0.717, 1.165) is 30.5 Å². The van der Waals surface area contributed by atoms with Gasteiger partial charge in [0.2, 0.25) is 0 Å². The lowest BCUT2D eigenvalue weighted by Gasteiger charge is -2.23. The van der Waals surface area contributed by atoms with E-state index in [1.165, 1.54) is 17.0 Å². The minimum Gasteiger partial charge on any atom is -0.492 e. The van der Waals surface area contributed by atoms with Crippen molar-refractivity contribution in [1.82, 2.24) is 4.90 Å². The highest BCUT2D eigenvalue weighted by Gasteiger charge is 2.35. The van der Waals surface area contributed by atoms with Crippen LogP contribution in [0, 0.1) is 0 Å². The lowest BCUT2D eigenvalue weighted by Crippen LogP contribution is -2.37. The van der Waals surface area contributed by atoms with Crippen molar-refractivity contribution in [3.05, 3.63) is 59.7 Å². The molecule has 0 bridgehead atoms. The molecule has 0 aromatic heterocycles. The molecule has 2 aromatic carbocycles. The average Bonchev–Trinajstić information content (AvgIpc) is 2.83. The van der Waals surface area contributed by atoms with E-state index in [9.17, 15) is 27.9 Å². The topological polar surface area (TPSA) is 85.3 Å². The smallest absolute Gasteiger partial charge is 0.419 e. The van der Waals surface area contributed by atoms with Crippen molar-refractivity contribution in [2.24, 2.45) is 0 Å². The van der Waals surface area contributed by atoms with E-state index in [0.29, 0.717) is 18.7 Å². The number of rotatable bonds is 14. The van der Waals surface area contributed by atoms with Crippen molar-refractivity contribution in [2.75, 3.05) is 26.3 Å². The Morgan fingerprint density at radius 3 is 2.31 bits per heavy atom. The van der Waals surface area contributed by atoms with E-state index in [-0.39, 0.29) is 26.2 Å². The SMILES string of the molecule is CCCCCN(CCOc1ccc(CC(OCC)C(=O)O)cc1)C(=O)Oc1ccccc1C(F)(F)F. The number of halogens is 3. The van der Waals surface area contributed by atoms with Crippen LogP contribution < -0.4 is 9.47 Å². The summed E-state index contributed by atoms with van der Waals surface area (Å²) in [7, 11) is 0. The normalized spacial score (nSPS) is 12.1. The third kappa shape index (κ3) is 9.41. The second kappa shape index (κ2) is 14.3. The van der Waals surface area contributed by atoms with Crippen LogP contribution in [0.5, 0.6) is 11.5 Å². The van der Waals surface area contributed by atoms with Crippen LogP contribution in [0.25, 0.3) is 0 Å². The fraction of sp³-hybridized carbons (Fsp3) is 0.462. The van der Waals surface area contributed by atoms with Gasteiger partial charge in [0.05, 0.1) is 12.1 Å². The molecule has 7 nitrogen and oxygen atoms in total. The van der Waals surface area contributed by atoms with Gasteiger partial charge in [-0.15, -0.1) is 0 Å². The minimum absolute atomic E-state index is 0.0954. The predicted molar refractivity (Wildman–Crippen MR) is 127 cm³/mol. The zero-order chi connectivity index (χ0) is 26.6. The van der Waals surface area contributed by atoms with Gasteiger partial charge in [-0.25, -0.2) is 9.59 Å². The molecule has 1 unspecified atom stereocenters. The van der Waals surface area contributed by atoms with E-state index in [1.807, 2.05) is 6.92 Å². The van der Waals surface area contributed by atoms with Crippen molar-refractivity contribution in [3.63, 3.8) is 0 Å². The largest absolute Gasteiger partial charge is 0.492 e. The molecule has 0 heterocycles. The zero-order valence-corrected chi connectivity index (χ0v) is 20.4. The molecule has 0 aliphatic carbocycles. The Balaban J connectivity index is 1.98. The Labute approximate surface area is 208 Å². The highest BCUT2D eigenvalue weighted by atomic mass is 19.4. The Hall–Kier alpha value is -3.27. The first-order valence-corrected chi connectivity index (χ1v) is 11.8. The number of ether oxygens (including phenoxy) is 3. The molecule has 1 amide bonds. The number of alkyl halides is 3.